The Labute approximate surface area is 165 Å². The zero-order valence-electron chi connectivity index (χ0n) is 16.0. The van der Waals surface area contributed by atoms with E-state index in [1.165, 1.54) is 0 Å². The molecular weight excluding hydrogens is 350 g/mol. The SMILES string of the molecule is CCOC(=O)/C(=C(\Nc1ccc(OC)cc1)c1ccccc1)c1ccccc1. The molecule has 142 valence electrons. The van der Waals surface area contributed by atoms with Crippen molar-refractivity contribution < 1.29 is 14.3 Å². The fourth-order valence-electron chi connectivity index (χ4n) is 2.87. The molecule has 0 atom stereocenters. The Bertz CT molecular complexity index is 933. The Kier molecular flexibility index (Phi) is 6.47. The highest BCUT2D eigenvalue weighted by Crippen LogP contribution is 2.29. The Hall–Kier alpha value is -3.53. The molecule has 0 heterocycles. The summed E-state index contributed by atoms with van der Waals surface area (Å²) >= 11 is 0. The summed E-state index contributed by atoms with van der Waals surface area (Å²) in [6, 6.07) is 26.9. The summed E-state index contributed by atoms with van der Waals surface area (Å²) in [6.45, 7) is 2.11. The van der Waals surface area contributed by atoms with Crippen molar-refractivity contribution in [1.82, 2.24) is 0 Å². The topological polar surface area (TPSA) is 47.6 Å². The van der Waals surface area contributed by atoms with Gasteiger partial charge in [0.15, 0.2) is 0 Å². The maximum atomic E-state index is 12.9. The lowest BCUT2D eigenvalue weighted by molar-refractivity contribution is -0.136. The fraction of sp³-hybridized carbons (Fsp3) is 0.125. The van der Waals surface area contributed by atoms with Gasteiger partial charge in [-0.25, -0.2) is 4.79 Å². The van der Waals surface area contributed by atoms with Crippen LogP contribution in [0.3, 0.4) is 0 Å². The molecule has 4 heteroatoms. The third-order valence-corrected chi connectivity index (χ3v) is 4.21. The van der Waals surface area contributed by atoms with E-state index >= 15 is 0 Å². The van der Waals surface area contributed by atoms with Crippen molar-refractivity contribution in [1.29, 1.82) is 0 Å². The number of benzene rings is 3. The molecule has 0 fully saturated rings. The summed E-state index contributed by atoms with van der Waals surface area (Å²) in [4.78, 5) is 12.9. The maximum Gasteiger partial charge on any atom is 0.340 e. The Balaban J connectivity index is 2.16. The van der Waals surface area contributed by atoms with Crippen molar-refractivity contribution in [2.75, 3.05) is 19.0 Å². The van der Waals surface area contributed by atoms with Gasteiger partial charge in [0.1, 0.15) is 5.75 Å². The number of carbonyl (C=O) groups is 1. The summed E-state index contributed by atoms with van der Waals surface area (Å²) in [5.41, 5.74) is 3.71. The molecule has 0 unspecified atom stereocenters. The van der Waals surface area contributed by atoms with Crippen LogP contribution in [0.15, 0.2) is 84.9 Å². The lowest BCUT2D eigenvalue weighted by Gasteiger charge is -2.18. The van der Waals surface area contributed by atoms with E-state index in [1.54, 1.807) is 14.0 Å². The van der Waals surface area contributed by atoms with E-state index in [4.69, 9.17) is 9.47 Å². The van der Waals surface area contributed by atoms with Crippen LogP contribution in [0.4, 0.5) is 5.69 Å². The number of anilines is 1. The second-order valence-electron chi connectivity index (χ2n) is 6.06. The van der Waals surface area contributed by atoms with Crippen LogP contribution >= 0.6 is 0 Å². The van der Waals surface area contributed by atoms with Crippen LogP contribution in [0.5, 0.6) is 5.75 Å². The summed E-state index contributed by atoms with van der Waals surface area (Å²) in [6.07, 6.45) is 0. The average Bonchev–Trinajstić information content (AvgIpc) is 2.75. The van der Waals surface area contributed by atoms with Crippen LogP contribution in [0.1, 0.15) is 18.1 Å². The summed E-state index contributed by atoms with van der Waals surface area (Å²) in [5, 5.41) is 3.41. The minimum absolute atomic E-state index is 0.305. The van der Waals surface area contributed by atoms with Crippen LogP contribution in [0, 0.1) is 0 Å². The molecule has 1 N–H and O–H groups in total. The van der Waals surface area contributed by atoms with Crippen molar-refractivity contribution >= 4 is 22.9 Å². The number of esters is 1. The lowest BCUT2D eigenvalue weighted by Crippen LogP contribution is -2.13. The highest BCUT2D eigenvalue weighted by molar-refractivity contribution is 6.25. The zero-order valence-corrected chi connectivity index (χ0v) is 16.0. The Morgan fingerprint density at radius 1 is 0.821 bits per heavy atom. The van der Waals surface area contributed by atoms with Crippen LogP contribution in [0.25, 0.3) is 11.3 Å². The number of ether oxygens (including phenoxy) is 2. The van der Waals surface area contributed by atoms with E-state index in [-0.39, 0.29) is 5.97 Å². The highest BCUT2D eigenvalue weighted by atomic mass is 16.5. The first-order chi connectivity index (χ1) is 13.7. The van der Waals surface area contributed by atoms with Gasteiger partial charge in [0.2, 0.25) is 0 Å². The van der Waals surface area contributed by atoms with Crippen molar-refractivity contribution in [2.45, 2.75) is 6.92 Å². The number of nitrogens with one attached hydrogen (secondary N) is 1. The quantitative estimate of drug-likeness (QED) is 0.350. The van der Waals surface area contributed by atoms with Crippen molar-refractivity contribution in [3.8, 4) is 5.75 Å². The van der Waals surface area contributed by atoms with Crippen molar-refractivity contribution in [2.24, 2.45) is 0 Å². The first-order valence-corrected chi connectivity index (χ1v) is 9.16. The second kappa shape index (κ2) is 9.42. The molecule has 4 nitrogen and oxygen atoms in total. The number of hydrogen-bond donors (Lipinski definition) is 1. The van der Waals surface area contributed by atoms with Gasteiger partial charge in [-0.2, -0.15) is 0 Å². The van der Waals surface area contributed by atoms with Gasteiger partial charge >= 0.3 is 5.97 Å². The maximum absolute atomic E-state index is 12.9. The van der Waals surface area contributed by atoms with Gasteiger partial charge in [0, 0.05) is 5.69 Å². The predicted octanol–water partition coefficient (Wildman–Crippen LogP) is 5.24. The van der Waals surface area contributed by atoms with Gasteiger partial charge in [0.05, 0.1) is 25.0 Å². The molecule has 0 aliphatic heterocycles. The Morgan fingerprint density at radius 2 is 1.39 bits per heavy atom. The van der Waals surface area contributed by atoms with E-state index in [2.05, 4.69) is 5.32 Å². The van der Waals surface area contributed by atoms with Crippen LogP contribution in [-0.4, -0.2) is 19.7 Å². The first-order valence-electron chi connectivity index (χ1n) is 9.16. The van der Waals surface area contributed by atoms with E-state index in [9.17, 15) is 4.79 Å². The fourth-order valence-corrected chi connectivity index (χ4v) is 2.87. The van der Waals surface area contributed by atoms with Gasteiger partial charge in [0.25, 0.3) is 0 Å². The summed E-state index contributed by atoms with van der Waals surface area (Å²) in [7, 11) is 1.63. The van der Waals surface area contributed by atoms with Gasteiger partial charge in [-0.15, -0.1) is 0 Å². The molecule has 0 bridgehead atoms. The molecule has 0 amide bonds. The molecular formula is C24H23NO3. The molecule has 0 saturated heterocycles. The molecule has 0 aliphatic rings. The number of methoxy groups -OCH3 is 1. The molecule has 0 spiro atoms. The normalized spacial score (nSPS) is 11.4. The summed E-state index contributed by atoms with van der Waals surface area (Å²) in [5.74, 6) is 0.401. The molecule has 3 aromatic rings. The van der Waals surface area contributed by atoms with Gasteiger partial charge < -0.3 is 14.8 Å². The predicted molar refractivity (Wildman–Crippen MR) is 113 cm³/mol. The third-order valence-electron chi connectivity index (χ3n) is 4.21. The van der Waals surface area contributed by atoms with Crippen molar-refractivity contribution in [3.63, 3.8) is 0 Å². The van der Waals surface area contributed by atoms with Gasteiger partial charge in [-0.3, -0.25) is 0 Å². The standard InChI is InChI=1S/C24H23NO3/c1-3-28-24(26)22(18-10-6-4-7-11-18)23(19-12-8-5-9-13-19)25-20-14-16-21(27-2)17-15-20/h4-17,25H,3H2,1-2H3/b23-22-. The minimum atomic E-state index is -0.367. The van der Waals surface area contributed by atoms with E-state index < -0.39 is 0 Å². The van der Waals surface area contributed by atoms with Crippen LogP contribution in [0.2, 0.25) is 0 Å². The molecule has 0 saturated carbocycles. The van der Waals surface area contributed by atoms with E-state index in [0.717, 1.165) is 22.6 Å². The van der Waals surface area contributed by atoms with Crippen LogP contribution < -0.4 is 10.1 Å². The second-order valence-corrected chi connectivity index (χ2v) is 6.06. The van der Waals surface area contributed by atoms with Gasteiger partial charge in [-0.05, 0) is 42.3 Å². The number of rotatable bonds is 7. The smallest absolute Gasteiger partial charge is 0.340 e. The van der Waals surface area contributed by atoms with E-state index in [1.807, 2.05) is 84.9 Å². The zero-order chi connectivity index (χ0) is 19.8. The molecule has 0 radical (unpaired) electrons. The molecule has 0 aliphatic carbocycles. The molecule has 3 aromatic carbocycles. The average molecular weight is 373 g/mol. The third kappa shape index (κ3) is 4.60. The highest BCUT2D eigenvalue weighted by Gasteiger charge is 2.20. The number of carbonyl (C=O) groups excluding carboxylic acids is 1. The lowest BCUT2D eigenvalue weighted by atomic mass is 9.99. The van der Waals surface area contributed by atoms with E-state index in [0.29, 0.717) is 17.9 Å². The summed E-state index contributed by atoms with van der Waals surface area (Å²) < 4.78 is 10.6. The Morgan fingerprint density at radius 3 is 1.93 bits per heavy atom. The van der Waals surface area contributed by atoms with Crippen LogP contribution in [-0.2, 0) is 9.53 Å². The number of hydrogen-bond acceptors (Lipinski definition) is 4. The van der Waals surface area contributed by atoms with Crippen molar-refractivity contribution in [3.05, 3.63) is 96.1 Å². The molecule has 28 heavy (non-hydrogen) atoms. The monoisotopic (exact) mass is 373 g/mol. The largest absolute Gasteiger partial charge is 0.497 e. The molecule has 3 rings (SSSR count). The minimum Gasteiger partial charge on any atom is -0.497 e. The first kappa shape index (κ1) is 19.2. The molecule has 0 aromatic heterocycles. The van der Waals surface area contributed by atoms with Gasteiger partial charge in [-0.1, -0.05) is 60.7 Å².